The zero-order valence-electron chi connectivity index (χ0n) is 17.0. The Balaban J connectivity index is 1.56. The lowest BCUT2D eigenvalue weighted by molar-refractivity contribution is -0.140. The number of hydrogen-bond acceptors (Lipinski definition) is 7. The highest BCUT2D eigenvalue weighted by molar-refractivity contribution is 6.03. The third-order valence-corrected chi connectivity index (χ3v) is 5.88. The van der Waals surface area contributed by atoms with Gasteiger partial charge in [0.25, 0.3) is 5.95 Å². The summed E-state index contributed by atoms with van der Waals surface area (Å²) in [6.07, 6.45) is 0. The molecule has 9 nitrogen and oxygen atoms in total. The van der Waals surface area contributed by atoms with Gasteiger partial charge in [-0.1, -0.05) is 41.5 Å². The minimum Gasteiger partial charge on any atom is -0.481 e. The van der Waals surface area contributed by atoms with Crippen LogP contribution in [-0.4, -0.2) is 63.3 Å². The summed E-state index contributed by atoms with van der Waals surface area (Å²) in [5, 5.41) is 21.7. The summed E-state index contributed by atoms with van der Waals surface area (Å²) < 4.78 is 6.95. The van der Waals surface area contributed by atoms with Crippen LogP contribution in [0.25, 0.3) is 11.1 Å². The molecule has 0 spiro atoms. The highest BCUT2D eigenvalue weighted by atomic mass is 16.5. The van der Waals surface area contributed by atoms with Crippen molar-refractivity contribution in [3.8, 4) is 11.1 Å². The zero-order valence-corrected chi connectivity index (χ0v) is 17.0. The first-order chi connectivity index (χ1) is 15.1. The van der Waals surface area contributed by atoms with Gasteiger partial charge in [0.05, 0.1) is 13.2 Å². The summed E-state index contributed by atoms with van der Waals surface area (Å²) in [6, 6.07) is 15.6. The number of ether oxygens (including phenoxy) is 1. The lowest BCUT2D eigenvalue weighted by Gasteiger charge is -2.30. The molecule has 31 heavy (non-hydrogen) atoms. The van der Waals surface area contributed by atoms with Gasteiger partial charge in [0.1, 0.15) is 12.0 Å². The molecule has 2 atom stereocenters. The van der Waals surface area contributed by atoms with Gasteiger partial charge < -0.3 is 14.7 Å². The number of carbonyl (C=O) groups is 1. The molecule has 1 fully saturated rings. The van der Waals surface area contributed by atoms with Crippen LogP contribution in [0.5, 0.6) is 0 Å². The van der Waals surface area contributed by atoms with Crippen molar-refractivity contribution in [2.24, 2.45) is 10.9 Å². The number of benzene rings is 2. The van der Waals surface area contributed by atoms with Crippen LogP contribution in [0.15, 0.2) is 53.5 Å². The molecule has 3 heterocycles. The molecule has 5 rings (SSSR count). The Morgan fingerprint density at radius 2 is 1.84 bits per heavy atom. The number of tetrazole rings is 1. The molecule has 9 heteroatoms. The molecule has 1 N–H and O–H groups in total. The molecule has 2 aliphatic rings. The van der Waals surface area contributed by atoms with Crippen LogP contribution in [0.2, 0.25) is 0 Å². The second-order valence-electron chi connectivity index (χ2n) is 7.67. The summed E-state index contributed by atoms with van der Waals surface area (Å²) in [6.45, 7) is 4.93. The van der Waals surface area contributed by atoms with E-state index in [1.807, 2.05) is 24.3 Å². The number of fused-ring (bicyclic) bond motifs is 1. The molecule has 0 amide bonds. The summed E-state index contributed by atoms with van der Waals surface area (Å²) >= 11 is 0. The molecule has 2 aliphatic heterocycles. The van der Waals surface area contributed by atoms with Gasteiger partial charge in [0, 0.05) is 24.5 Å². The molecule has 0 radical (unpaired) electrons. The van der Waals surface area contributed by atoms with Crippen LogP contribution >= 0.6 is 0 Å². The van der Waals surface area contributed by atoms with E-state index in [0.29, 0.717) is 11.7 Å². The normalized spacial score (nSPS) is 20.8. The van der Waals surface area contributed by atoms with Crippen LogP contribution in [0.4, 0.5) is 11.6 Å². The van der Waals surface area contributed by atoms with Crippen molar-refractivity contribution in [1.29, 1.82) is 0 Å². The molecule has 3 aromatic rings. The first-order valence-corrected chi connectivity index (χ1v) is 10.2. The first-order valence-electron chi connectivity index (χ1n) is 10.2. The Morgan fingerprint density at radius 3 is 2.58 bits per heavy atom. The van der Waals surface area contributed by atoms with E-state index in [1.54, 1.807) is 6.92 Å². The zero-order chi connectivity index (χ0) is 21.4. The summed E-state index contributed by atoms with van der Waals surface area (Å²) in [7, 11) is 0. The van der Waals surface area contributed by atoms with Gasteiger partial charge in [-0.05, 0) is 46.2 Å². The third kappa shape index (κ3) is 3.46. The fourth-order valence-corrected chi connectivity index (χ4v) is 4.36. The Morgan fingerprint density at radius 1 is 1.10 bits per heavy atom. The maximum absolute atomic E-state index is 12.2. The number of morpholine rings is 1. The molecule has 0 saturated carbocycles. The Kier molecular flexibility index (Phi) is 4.95. The SMILES string of the molecule is CC1=Nc2nnnn2C(c2ccccc2-c2ccc(N3CCOCC3)cc2)C1C(=O)O. The van der Waals surface area contributed by atoms with Crippen LogP contribution in [-0.2, 0) is 9.53 Å². The van der Waals surface area contributed by atoms with Gasteiger partial charge in [0.15, 0.2) is 0 Å². The predicted molar refractivity (Wildman–Crippen MR) is 115 cm³/mol. The van der Waals surface area contributed by atoms with E-state index in [1.165, 1.54) is 4.68 Å². The number of rotatable bonds is 4. The number of carboxylic acid groups (broad SMARTS) is 1. The molecule has 2 unspecified atom stereocenters. The second kappa shape index (κ2) is 7.92. The van der Waals surface area contributed by atoms with Crippen molar-refractivity contribution in [2.75, 3.05) is 31.2 Å². The van der Waals surface area contributed by atoms with E-state index in [9.17, 15) is 9.90 Å². The Bertz CT molecular complexity index is 1130. The average molecular weight is 418 g/mol. The van der Waals surface area contributed by atoms with E-state index < -0.39 is 17.9 Å². The van der Waals surface area contributed by atoms with Crippen LogP contribution in [0, 0.1) is 5.92 Å². The lowest BCUT2D eigenvalue weighted by Crippen LogP contribution is -2.36. The minimum absolute atomic E-state index is 0.317. The van der Waals surface area contributed by atoms with Crippen molar-refractivity contribution in [3.63, 3.8) is 0 Å². The summed E-state index contributed by atoms with van der Waals surface area (Å²) in [5.74, 6) is -1.49. The first kappa shape index (κ1) is 19.4. The van der Waals surface area contributed by atoms with Crippen molar-refractivity contribution in [3.05, 3.63) is 54.1 Å². The van der Waals surface area contributed by atoms with Crippen molar-refractivity contribution >= 4 is 23.3 Å². The summed E-state index contributed by atoms with van der Waals surface area (Å²) in [5.41, 5.74) is 4.43. The number of aliphatic carboxylic acids is 1. The van der Waals surface area contributed by atoms with E-state index in [4.69, 9.17) is 4.74 Å². The van der Waals surface area contributed by atoms with Crippen molar-refractivity contribution < 1.29 is 14.6 Å². The highest BCUT2D eigenvalue weighted by Crippen LogP contribution is 2.39. The number of aromatic nitrogens is 4. The van der Waals surface area contributed by atoms with Gasteiger partial charge in [0.2, 0.25) is 0 Å². The van der Waals surface area contributed by atoms with Gasteiger partial charge in [-0.25, -0.2) is 9.67 Å². The average Bonchev–Trinajstić information content (AvgIpc) is 3.27. The smallest absolute Gasteiger partial charge is 0.314 e. The number of hydrogen-bond donors (Lipinski definition) is 1. The monoisotopic (exact) mass is 418 g/mol. The van der Waals surface area contributed by atoms with E-state index in [2.05, 4.69) is 49.7 Å². The topological polar surface area (TPSA) is 106 Å². The van der Waals surface area contributed by atoms with Gasteiger partial charge in [-0.15, -0.1) is 0 Å². The highest BCUT2D eigenvalue weighted by Gasteiger charge is 2.40. The quantitative estimate of drug-likeness (QED) is 0.694. The lowest BCUT2D eigenvalue weighted by atomic mass is 9.84. The van der Waals surface area contributed by atoms with E-state index in [0.717, 1.165) is 48.7 Å². The van der Waals surface area contributed by atoms with Crippen molar-refractivity contribution in [1.82, 2.24) is 20.2 Å². The molecule has 1 aromatic heterocycles. The molecule has 0 aliphatic carbocycles. The molecule has 1 saturated heterocycles. The Hall–Kier alpha value is -3.59. The number of anilines is 1. The van der Waals surface area contributed by atoms with Gasteiger partial charge >= 0.3 is 5.97 Å². The van der Waals surface area contributed by atoms with Gasteiger partial charge in [-0.2, -0.15) is 0 Å². The third-order valence-electron chi connectivity index (χ3n) is 5.88. The Labute approximate surface area is 179 Å². The van der Waals surface area contributed by atoms with Crippen LogP contribution in [0.1, 0.15) is 18.5 Å². The van der Waals surface area contributed by atoms with Crippen molar-refractivity contribution in [2.45, 2.75) is 13.0 Å². The van der Waals surface area contributed by atoms with Gasteiger partial charge in [-0.3, -0.25) is 4.79 Å². The second-order valence-corrected chi connectivity index (χ2v) is 7.67. The maximum Gasteiger partial charge on any atom is 0.314 e. The maximum atomic E-state index is 12.2. The number of carboxylic acids is 1. The fourth-order valence-electron chi connectivity index (χ4n) is 4.36. The minimum atomic E-state index is -0.954. The van der Waals surface area contributed by atoms with E-state index >= 15 is 0 Å². The van der Waals surface area contributed by atoms with Crippen LogP contribution in [0.3, 0.4) is 0 Å². The summed E-state index contributed by atoms with van der Waals surface area (Å²) in [4.78, 5) is 18.8. The predicted octanol–water partition coefficient (Wildman–Crippen LogP) is 2.57. The fraction of sp³-hybridized carbons (Fsp3) is 0.318. The molecular weight excluding hydrogens is 396 g/mol. The molecule has 0 bridgehead atoms. The van der Waals surface area contributed by atoms with E-state index in [-0.39, 0.29) is 0 Å². The molecule has 2 aromatic carbocycles. The largest absolute Gasteiger partial charge is 0.481 e. The number of aliphatic imine (C=N–C) groups is 1. The molecule has 158 valence electrons. The number of nitrogens with zero attached hydrogens (tertiary/aromatic N) is 6. The molecular formula is C22H22N6O3. The standard InChI is InChI=1S/C22H22N6O3/c1-14-19(21(29)30)20(28-22(23-14)24-25-26-28)18-5-3-2-4-17(18)15-6-8-16(9-7-15)27-10-12-31-13-11-27/h2-9,19-20H,10-13H2,1H3,(H,29,30). The van der Waals surface area contributed by atoms with Crippen LogP contribution < -0.4 is 4.90 Å².